The maximum absolute atomic E-state index is 13.3. The number of hydrogen-bond donors (Lipinski definition) is 1. The Morgan fingerprint density at radius 2 is 1.84 bits per heavy atom. The largest absolute Gasteiger partial charge is 0.481 e. The highest BCUT2D eigenvalue weighted by atomic mass is 35.5. The fourth-order valence-electron chi connectivity index (χ4n) is 1.80. The number of carboxylic acid groups (broad SMARTS) is 1. The van der Waals surface area contributed by atoms with Crippen molar-refractivity contribution >= 4 is 29.2 Å². The zero-order chi connectivity index (χ0) is 14.0. The van der Waals surface area contributed by atoms with E-state index in [4.69, 9.17) is 28.3 Å². The van der Waals surface area contributed by atoms with Crippen molar-refractivity contribution in [3.63, 3.8) is 0 Å². The van der Waals surface area contributed by atoms with Crippen molar-refractivity contribution in [2.75, 3.05) is 0 Å². The number of benzene rings is 2. The van der Waals surface area contributed by atoms with Crippen molar-refractivity contribution in [3.05, 3.63) is 57.8 Å². The number of hydrogen-bond acceptors (Lipinski definition) is 1. The van der Waals surface area contributed by atoms with Gasteiger partial charge in [0.25, 0.3) is 0 Å². The molecule has 0 aliphatic carbocycles. The average molecular weight is 299 g/mol. The Morgan fingerprint density at radius 3 is 2.47 bits per heavy atom. The molecule has 2 aromatic carbocycles. The van der Waals surface area contributed by atoms with Gasteiger partial charge in [-0.2, -0.15) is 0 Å². The van der Waals surface area contributed by atoms with Crippen LogP contribution in [0.1, 0.15) is 5.56 Å². The number of carboxylic acids is 1. The van der Waals surface area contributed by atoms with Gasteiger partial charge < -0.3 is 5.11 Å². The summed E-state index contributed by atoms with van der Waals surface area (Å²) in [6.07, 6.45) is -0.185. The van der Waals surface area contributed by atoms with E-state index in [1.807, 2.05) is 0 Å². The minimum Gasteiger partial charge on any atom is -0.481 e. The van der Waals surface area contributed by atoms with Crippen LogP contribution in [0, 0.1) is 5.82 Å². The normalized spacial score (nSPS) is 10.5. The predicted molar refractivity (Wildman–Crippen MR) is 73.2 cm³/mol. The summed E-state index contributed by atoms with van der Waals surface area (Å²) in [6.45, 7) is 0. The third-order valence-electron chi connectivity index (χ3n) is 2.64. The number of rotatable bonds is 3. The predicted octanol–water partition coefficient (Wildman–Crippen LogP) is 4.43. The van der Waals surface area contributed by atoms with Crippen molar-refractivity contribution in [2.45, 2.75) is 6.42 Å². The summed E-state index contributed by atoms with van der Waals surface area (Å²) < 4.78 is 13.3. The van der Waals surface area contributed by atoms with Crippen molar-refractivity contribution < 1.29 is 14.3 Å². The molecule has 98 valence electrons. The molecule has 0 amide bonds. The van der Waals surface area contributed by atoms with Crippen LogP contribution < -0.4 is 0 Å². The Morgan fingerprint density at radius 1 is 1.11 bits per heavy atom. The molecule has 0 unspecified atom stereocenters. The van der Waals surface area contributed by atoms with E-state index in [-0.39, 0.29) is 6.42 Å². The third-order valence-corrected chi connectivity index (χ3v) is 3.38. The van der Waals surface area contributed by atoms with E-state index in [1.54, 1.807) is 18.2 Å². The fraction of sp³-hybridized carbons (Fsp3) is 0.0714. The minimum absolute atomic E-state index is 0.185. The lowest BCUT2D eigenvalue weighted by molar-refractivity contribution is -0.136. The Balaban J connectivity index is 2.55. The van der Waals surface area contributed by atoms with Crippen LogP contribution in [-0.2, 0) is 11.2 Å². The Labute approximate surface area is 119 Å². The highest BCUT2D eigenvalue weighted by Crippen LogP contribution is 2.31. The van der Waals surface area contributed by atoms with Crippen LogP contribution in [0.4, 0.5) is 4.39 Å². The molecule has 0 bridgehead atoms. The lowest BCUT2D eigenvalue weighted by Crippen LogP contribution is -2.02. The summed E-state index contributed by atoms with van der Waals surface area (Å²) in [4.78, 5) is 10.8. The first-order chi connectivity index (χ1) is 8.97. The van der Waals surface area contributed by atoms with E-state index in [9.17, 15) is 9.18 Å². The molecule has 1 N–H and O–H groups in total. The second-order valence-electron chi connectivity index (χ2n) is 4.00. The molecule has 2 rings (SSSR count). The second kappa shape index (κ2) is 5.59. The van der Waals surface area contributed by atoms with Gasteiger partial charge in [0.05, 0.1) is 16.5 Å². The first-order valence-corrected chi connectivity index (χ1v) is 6.18. The molecule has 0 heterocycles. The molecule has 0 aliphatic rings. The number of aliphatic carboxylic acids is 1. The van der Waals surface area contributed by atoms with Crippen molar-refractivity contribution in [3.8, 4) is 11.1 Å². The van der Waals surface area contributed by atoms with Gasteiger partial charge in [0.2, 0.25) is 0 Å². The molecule has 2 aromatic rings. The topological polar surface area (TPSA) is 37.3 Å². The molecule has 19 heavy (non-hydrogen) atoms. The summed E-state index contributed by atoms with van der Waals surface area (Å²) in [7, 11) is 0. The Kier molecular flexibility index (Phi) is 4.08. The van der Waals surface area contributed by atoms with E-state index >= 15 is 0 Å². The van der Waals surface area contributed by atoms with Crippen LogP contribution in [0.15, 0.2) is 36.4 Å². The quantitative estimate of drug-likeness (QED) is 0.910. The summed E-state index contributed by atoms with van der Waals surface area (Å²) in [5.74, 6) is -1.41. The highest BCUT2D eigenvalue weighted by molar-refractivity contribution is 6.42. The molecule has 0 saturated heterocycles. The SMILES string of the molecule is O=C(O)Cc1ccc(F)cc1-c1ccc(Cl)c(Cl)c1. The van der Waals surface area contributed by atoms with E-state index < -0.39 is 11.8 Å². The first kappa shape index (κ1) is 13.8. The van der Waals surface area contributed by atoms with Crippen LogP contribution in [0.2, 0.25) is 10.0 Å². The lowest BCUT2D eigenvalue weighted by Gasteiger charge is -2.09. The van der Waals surface area contributed by atoms with Crippen LogP contribution in [0.3, 0.4) is 0 Å². The Hall–Kier alpha value is -1.58. The Bertz CT molecular complexity index is 641. The molecular weight excluding hydrogens is 290 g/mol. The fourth-order valence-corrected chi connectivity index (χ4v) is 2.10. The molecule has 0 saturated carbocycles. The standard InChI is InChI=1S/C14H9Cl2FO2/c15-12-4-2-8(5-13(12)16)11-7-10(17)3-1-9(11)6-14(18)19/h1-5,7H,6H2,(H,18,19). The number of carbonyl (C=O) groups is 1. The van der Waals surface area contributed by atoms with Gasteiger partial charge in [0.1, 0.15) is 5.82 Å². The van der Waals surface area contributed by atoms with Gasteiger partial charge in [0, 0.05) is 0 Å². The summed E-state index contributed by atoms with van der Waals surface area (Å²) >= 11 is 11.7. The summed E-state index contributed by atoms with van der Waals surface area (Å²) in [5.41, 5.74) is 1.65. The monoisotopic (exact) mass is 298 g/mol. The highest BCUT2D eigenvalue weighted by Gasteiger charge is 2.11. The average Bonchev–Trinajstić information content (AvgIpc) is 2.34. The zero-order valence-corrected chi connectivity index (χ0v) is 11.2. The molecule has 0 fully saturated rings. The molecule has 0 spiro atoms. The summed E-state index contributed by atoms with van der Waals surface area (Å²) in [5, 5.41) is 9.59. The van der Waals surface area contributed by atoms with Gasteiger partial charge in [0.15, 0.2) is 0 Å². The van der Waals surface area contributed by atoms with Gasteiger partial charge in [-0.05, 0) is 41.0 Å². The summed E-state index contributed by atoms with van der Waals surface area (Å²) in [6, 6.07) is 8.84. The number of halogens is 3. The molecule has 0 radical (unpaired) electrons. The molecular formula is C14H9Cl2FO2. The molecule has 2 nitrogen and oxygen atoms in total. The van der Waals surface area contributed by atoms with E-state index in [2.05, 4.69) is 0 Å². The third kappa shape index (κ3) is 3.25. The lowest BCUT2D eigenvalue weighted by atomic mass is 9.97. The van der Waals surface area contributed by atoms with Crippen molar-refractivity contribution in [1.29, 1.82) is 0 Å². The van der Waals surface area contributed by atoms with E-state index in [1.165, 1.54) is 18.2 Å². The minimum atomic E-state index is -0.979. The smallest absolute Gasteiger partial charge is 0.307 e. The van der Waals surface area contributed by atoms with Crippen LogP contribution in [0.5, 0.6) is 0 Å². The van der Waals surface area contributed by atoms with Crippen molar-refractivity contribution in [1.82, 2.24) is 0 Å². The van der Waals surface area contributed by atoms with Crippen LogP contribution in [-0.4, -0.2) is 11.1 Å². The first-order valence-electron chi connectivity index (χ1n) is 5.43. The maximum Gasteiger partial charge on any atom is 0.307 e. The van der Waals surface area contributed by atoms with Gasteiger partial charge >= 0.3 is 5.97 Å². The van der Waals surface area contributed by atoms with Gasteiger partial charge in [-0.3, -0.25) is 4.79 Å². The zero-order valence-electron chi connectivity index (χ0n) is 9.66. The molecule has 0 atom stereocenters. The van der Waals surface area contributed by atoms with Gasteiger partial charge in [-0.1, -0.05) is 35.3 Å². The van der Waals surface area contributed by atoms with Crippen LogP contribution in [0.25, 0.3) is 11.1 Å². The van der Waals surface area contributed by atoms with Crippen molar-refractivity contribution in [2.24, 2.45) is 0 Å². The molecule has 0 aliphatic heterocycles. The van der Waals surface area contributed by atoms with E-state index in [0.717, 1.165) is 0 Å². The van der Waals surface area contributed by atoms with E-state index in [0.29, 0.717) is 26.7 Å². The molecule has 0 aromatic heterocycles. The second-order valence-corrected chi connectivity index (χ2v) is 4.82. The van der Waals surface area contributed by atoms with Gasteiger partial charge in [-0.25, -0.2) is 4.39 Å². The van der Waals surface area contributed by atoms with Crippen LogP contribution >= 0.6 is 23.2 Å². The maximum atomic E-state index is 13.3. The van der Waals surface area contributed by atoms with Gasteiger partial charge in [-0.15, -0.1) is 0 Å². The molecule has 5 heteroatoms.